The average molecular weight is 522 g/mol. The van der Waals surface area contributed by atoms with Crippen LogP contribution in [-0.2, 0) is 26.5 Å². The van der Waals surface area contributed by atoms with Gasteiger partial charge in [0.25, 0.3) is 11.8 Å². The second kappa shape index (κ2) is 12.6. The molecule has 2 aromatic carbocycles. The molecule has 0 saturated carbocycles. The second-order valence-corrected chi connectivity index (χ2v) is 9.31. The van der Waals surface area contributed by atoms with Crippen molar-refractivity contribution >= 4 is 29.1 Å². The highest BCUT2D eigenvalue weighted by Crippen LogP contribution is 2.46. The number of nitrogens with one attached hydrogen (secondary N) is 1. The highest BCUT2D eigenvalue weighted by molar-refractivity contribution is 6.08. The molecule has 3 rings (SSSR count). The number of amides is 3. The zero-order valence-electron chi connectivity index (χ0n) is 21.7. The van der Waals surface area contributed by atoms with Gasteiger partial charge in [-0.05, 0) is 30.7 Å². The van der Waals surface area contributed by atoms with Crippen LogP contribution in [0.1, 0.15) is 31.4 Å². The molecule has 9 nitrogen and oxygen atoms in total. The minimum Gasteiger partial charge on any atom is -0.395 e. The second-order valence-electron chi connectivity index (χ2n) is 9.31. The number of rotatable bonds is 12. The molecule has 0 aromatic heterocycles. The molecule has 3 amide bonds. The SMILES string of the molecule is C=CCN1C(=O)[C@@](O)([C@@H](C)/C=C/CC(=O)N(CCO)Cc2ccccc2)c2cc(NC(=O)[C@H](C)O)ccc21. The van der Waals surface area contributed by atoms with Crippen LogP contribution in [0.2, 0.25) is 0 Å². The molecule has 4 N–H and O–H groups in total. The smallest absolute Gasteiger partial charge is 0.264 e. The van der Waals surface area contributed by atoms with Crippen molar-refractivity contribution in [2.24, 2.45) is 5.92 Å². The highest BCUT2D eigenvalue weighted by atomic mass is 16.3. The van der Waals surface area contributed by atoms with Gasteiger partial charge in [-0.25, -0.2) is 0 Å². The van der Waals surface area contributed by atoms with Crippen LogP contribution in [0.5, 0.6) is 0 Å². The van der Waals surface area contributed by atoms with E-state index in [0.717, 1.165) is 5.56 Å². The third kappa shape index (κ3) is 6.19. The van der Waals surface area contributed by atoms with Crippen molar-refractivity contribution in [3.05, 3.63) is 84.5 Å². The number of aliphatic hydroxyl groups is 3. The molecule has 202 valence electrons. The van der Waals surface area contributed by atoms with Crippen LogP contribution in [0.25, 0.3) is 0 Å². The lowest BCUT2D eigenvalue weighted by atomic mass is 9.82. The maximum Gasteiger partial charge on any atom is 0.264 e. The first-order chi connectivity index (χ1) is 18.1. The molecule has 1 aliphatic heterocycles. The van der Waals surface area contributed by atoms with Gasteiger partial charge in [-0.3, -0.25) is 14.4 Å². The van der Waals surface area contributed by atoms with Crippen molar-refractivity contribution < 1.29 is 29.7 Å². The van der Waals surface area contributed by atoms with Crippen LogP contribution in [0.3, 0.4) is 0 Å². The van der Waals surface area contributed by atoms with Crippen LogP contribution in [0, 0.1) is 5.92 Å². The largest absolute Gasteiger partial charge is 0.395 e. The summed E-state index contributed by atoms with van der Waals surface area (Å²) >= 11 is 0. The quantitative estimate of drug-likeness (QED) is 0.317. The lowest BCUT2D eigenvalue weighted by Gasteiger charge is -2.27. The molecule has 1 heterocycles. The molecule has 1 aliphatic rings. The Morgan fingerprint density at radius 2 is 1.89 bits per heavy atom. The third-order valence-electron chi connectivity index (χ3n) is 6.54. The van der Waals surface area contributed by atoms with E-state index in [2.05, 4.69) is 11.9 Å². The summed E-state index contributed by atoms with van der Waals surface area (Å²) in [6, 6.07) is 14.2. The summed E-state index contributed by atoms with van der Waals surface area (Å²) < 4.78 is 0. The van der Waals surface area contributed by atoms with E-state index in [1.54, 1.807) is 42.2 Å². The van der Waals surface area contributed by atoms with E-state index in [1.807, 2.05) is 30.3 Å². The van der Waals surface area contributed by atoms with Crippen LogP contribution in [0.15, 0.2) is 73.3 Å². The minimum atomic E-state index is -1.95. The molecular weight excluding hydrogens is 486 g/mol. The molecule has 0 spiro atoms. The number of benzene rings is 2. The van der Waals surface area contributed by atoms with Gasteiger partial charge in [0.15, 0.2) is 5.60 Å². The molecule has 0 aliphatic carbocycles. The fourth-order valence-electron chi connectivity index (χ4n) is 4.44. The summed E-state index contributed by atoms with van der Waals surface area (Å²) in [5.41, 5.74) is 0.115. The first-order valence-electron chi connectivity index (χ1n) is 12.5. The standard InChI is InChI=1S/C29H35N3O6/c1-4-15-32-25-14-13-23(30-27(36)21(3)34)18-24(25)29(38,28(32)37)20(2)9-8-12-26(35)31(16-17-33)19-22-10-6-5-7-11-22/h4-11,13-14,18,20-21,33-34,38H,1,12,15-17,19H2,2-3H3,(H,30,36)/b9-8+/t20-,21-,29+/m0/s1. The Morgan fingerprint density at radius 3 is 2.53 bits per heavy atom. The first kappa shape index (κ1) is 28.8. The van der Waals surface area contributed by atoms with E-state index in [0.29, 0.717) is 23.5 Å². The van der Waals surface area contributed by atoms with Crippen molar-refractivity contribution in [2.75, 3.05) is 29.9 Å². The molecule has 2 aromatic rings. The Kier molecular flexibility index (Phi) is 9.57. The maximum atomic E-state index is 13.4. The van der Waals surface area contributed by atoms with Crippen LogP contribution in [0.4, 0.5) is 11.4 Å². The summed E-state index contributed by atoms with van der Waals surface area (Å²) in [4.78, 5) is 41.2. The van der Waals surface area contributed by atoms with E-state index in [1.165, 1.54) is 17.9 Å². The molecule has 3 atom stereocenters. The van der Waals surface area contributed by atoms with Crippen molar-refractivity contribution in [1.82, 2.24) is 4.90 Å². The van der Waals surface area contributed by atoms with Crippen molar-refractivity contribution in [3.63, 3.8) is 0 Å². The van der Waals surface area contributed by atoms with Crippen LogP contribution >= 0.6 is 0 Å². The van der Waals surface area contributed by atoms with Gasteiger partial charge in [-0.2, -0.15) is 0 Å². The van der Waals surface area contributed by atoms with Gasteiger partial charge in [0.1, 0.15) is 6.10 Å². The molecule has 0 radical (unpaired) electrons. The average Bonchev–Trinajstić information content (AvgIpc) is 3.11. The number of anilines is 2. The Balaban J connectivity index is 1.82. The van der Waals surface area contributed by atoms with Gasteiger partial charge in [-0.1, -0.05) is 55.5 Å². The summed E-state index contributed by atoms with van der Waals surface area (Å²) in [6.07, 6.45) is 3.58. The number of fused-ring (bicyclic) bond motifs is 1. The van der Waals surface area contributed by atoms with Crippen molar-refractivity contribution in [2.45, 2.75) is 38.5 Å². The predicted octanol–water partition coefficient (Wildman–Crippen LogP) is 2.33. The molecular formula is C29H35N3O6. The summed E-state index contributed by atoms with van der Waals surface area (Å²) in [6.45, 7) is 7.26. The number of hydrogen-bond acceptors (Lipinski definition) is 6. The van der Waals surface area contributed by atoms with Gasteiger partial charge in [0, 0.05) is 43.2 Å². The summed E-state index contributed by atoms with van der Waals surface area (Å²) in [5.74, 6) is -2.08. The Morgan fingerprint density at radius 1 is 1.18 bits per heavy atom. The number of aliphatic hydroxyl groups excluding tert-OH is 2. The molecule has 0 saturated heterocycles. The Hall–Kier alpha value is -3.79. The molecule has 0 fully saturated rings. The summed E-state index contributed by atoms with van der Waals surface area (Å²) in [7, 11) is 0. The van der Waals surface area contributed by atoms with Crippen molar-refractivity contribution in [3.8, 4) is 0 Å². The Labute approximate surface area is 222 Å². The Bertz CT molecular complexity index is 1200. The monoisotopic (exact) mass is 521 g/mol. The van der Waals surface area contributed by atoms with Crippen LogP contribution < -0.4 is 10.2 Å². The zero-order chi connectivity index (χ0) is 27.9. The van der Waals surface area contributed by atoms with E-state index < -0.39 is 29.4 Å². The fraction of sp³-hybridized carbons (Fsp3) is 0.345. The van der Waals surface area contributed by atoms with Crippen molar-refractivity contribution in [1.29, 1.82) is 0 Å². The molecule has 0 unspecified atom stereocenters. The normalized spacial score (nSPS) is 18.2. The first-order valence-corrected chi connectivity index (χ1v) is 12.5. The third-order valence-corrected chi connectivity index (χ3v) is 6.54. The minimum absolute atomic E-state index is 0.0230. The molecule has 38 heavy (non-hydrogen) atoms. The van der Waals surface area contributed by atoms with Crippen LogP contribution in [-0.4, -0.2) is 63.7 Å². The van der Waals surface area contributed by atoms with E-state index in [4.69, 9.17) is 0 Å². The van der Waals surface area contributed by atoms with E-state index >= 15 is 0 Å². The zero-order valence-corrected chi connectivity index (χ0v) is 21.7. The molecule has 9 heteroatoms. The number of hydrogen-bond donors (Lipinski definition) is 4. The lowest BCUT2D eigenvalue weighted by molar-refractivity contribution is -0.139. The van der Waals surface area contributed by atoms with Gasteiger partial charge in [0.05, 0.1) is 12.3 Å². The number of carbonyl (C=O) groups excluding carboxylic acids is 3. The topological polar surface area (TPSA) is 130 Å². The van der Waals surface area contributed by atoms with Gasteiger partial charge >= 0.3 is 0 Å². The van der Waals surface area contributed by atoms with Gasteiger partial charge < -0.3 is 30.4 Å². The number of nitrogens with zero attached hydrogens (tertiary/aromatic N) is 2. The highest BCUT2D eigenvalue weighted by Gasteiger charge is 2.52. The summed E-state index contributed by atoms with van der Waals surface area (Å²) in [5, 5.41) is 33.3. The van der Waals surface area contributed by atoms with E-state index in [-0.39, 0.29) is 32.0 Å². The van der Waals surface area contributed by atoms with Gasteiger partial charge in [0.2, 0.25) is 5.91 Å². The van der Waals surface area contributed by atoms with Gasteiger partial charge in [-0.15, -0.1) is 6.58 Å². The lowest BCUT2D eigenvalue weighted by Crippen LogP contribution is -2.44. The molecule has 0 bridgehead atoms. The maximum absolute atomic E-state index is 13.4. The predicted molar refractivity (Wildman–Crippen MR) is 145 cm³/mol. The number of carbonyl (C=O) groups is 3. The van der Waals surface area contributed by atoms with E-state index in [9.17, 15) is 29.7 Å². The fourth-order valence-corrected chi connectivity index (χ4v) is 4.44.